The van der Waals surface area contributed by atoms with E-state index in [1.807, 2.05) is 0 Å². The molecule has 1 amide bonds. The van der Waals surface area contributed by atoms with Crippen LogP contribution in [0.2, 0.25) is 0 Å². The number of benzene rings is 1. The molecule has 0 saturated heterocycles. The smallest absolute Gasteiger partial charge is 0.467 e. The maximum atomic E-state index is 12.3. The highest BCUT2D eigenvalue weighted by atomic mass is 32.2. The number of alkyl halides is 3. The van der Waals surface area contributed by atoms with Gasteiger partial charge >= 0.3 is 24.1 Å². The lowest BCUT2D eigenvalue weighted by Crippen LogP contribution is -2.37. The van der Waals surface area contributed by atoms with E-state index < -0.39 is 39.8 Å². The van der Waals surface area contributed by atoms with Crippen LogP contribution in [0.4, 0.5) is 18.0 Å². The number of nitrogens with one attached hydrogen (secondary N) is 1. The Labute approximate surface area is 145 Å². The third kappa shape index (κ3) is 4.40. The van der Waals surface area contributed by atoms with Gasteiger partial charge in [-0.15, -0.1) is 23.0 Å². The standard InChI is InChI=1S/C12H11F3N4O6S/c1-18-10(23-2)16-19(11(18)21)9(20)17-25-26(22)8-6-4-3-5-7(8)24-12(13,14)15/h3-6H,1-2H3,(H,17,20). The number of methoxy groups -OCH3 is 1. The number of rotatable bonds is 5. The van der Waals surface area contributed by atoms with Gasteiger partial charge in [0.05, 0.1) is 7.11 Å². The molecule has 1 unspecified atom stereocenters. The molecule has 1 aromatic heterocycles. The number of ether oxygens (including phenoxy) is 2. The minimum Gasteiger partial charge on any atom is -0.467 e. The van der Waals surface area contributed by atoms with Gasteiger partial charge in [-0.25, -0.2) is 18.4 Å². The summed E-state index contributed by atoms with van der Waals surface area (Å²) in [6.45, 7) is 0. The molecular formula is C12H11F3N4O6S. The topological polar surface area (TPSA) is 114 Å². The van der Waals surface area contributed by atoms with Gasteiger partial charge in [0.25, 0.3) is 0 Å². The molecule has 142 valence electrons. The van der Waals surface area contributed by atoms with Gasteiger partial charge in [0.1, 0.15) is 10.6 Å². The van der Waals surface area contributed by atoms with Gasteiger partial charge in [0.2, 0.25) is 11.1 Å². The average Bonchev–Trinajstić information content (AvgIpc) is 2.86. The first-order valence-corrected chi connectivity index (χ1v) is 7.65. The fourth-order valence-electron chi connectivity index (χ4n) is 1.69. The molecule has 0 radical (unpaired) electrons. The van der Waals surface area contributed by atoms with E-state index in [0.29, 0.717) is 4.68 Å². The van der Waals surface area contributed by atoms with Crippen molar-refractivity contribution in [1.82, 2.24) is 19.8 Å². The fraction of sp³-hybridized carbons (Fsp3) is 0.250. The highest BCUT2D eigenvalue weighted by Crippen LogP contribution is 2.28. The van der Waals surface area contributed by atoms with Crippen LogP contribution in [0.15, 0.2) is 34.0 Å². The van der Waals surface area contributed by atoms with Gasteiger partial charge in [-0.05, 0) is 12.1 Å². The second kappa shape index (κ2) is 7.57. The Hall–Kier alpha value is -2.87. The summed E-state index contributed by atoms with van der Waals surface area (Å²) in [5.41, 5.74) is 0.754. The molecule has 10 nitrogen and oxygen atoms in total. The van der Waals surface area contributed by atoms with Crippen molar-refractivity contribution < 1.29 is 35.9 Å². The van der Waals surface area contributed by atoms with Crippen LogP contribution in [0.1, 0.15) is 0 Å². The molecule has 0 aliphatic carbocycles. The zero-order chi connectivity index (χ0) is 19.5. The predicted molar refractivity (Wildman–Crippen MR) is 78.6 cm³/mol. The second-order valence-electron chi connectivity index (χ2n) is 4.46. The minimum absolute atomic E-state index is 0.185. The van der Waals surface area contributed by atoms with Crippen LogP contribution < -0.4 is 20.6 Å². The third-order valence-corrected chi connectivity index (χ3v) is 3.71. The molecule has 0 aliphatic heterocycles. The van der Waals surface area contributed by atoms with E-state index in [0.717, 1.165) is 16.7 Å². The summed E-state index contributed by atoms with van der Waals surface area (Å²) in [4.78, 5) is 23.1. The number of hydrogen-bond acceptors (Lipinski definition) is 7. The normalized spacial score (nSPS) is 12.5. The number of para-hydroxylation sites is 1. The molecule has 14 heteroatoms. The number of nitrogens with zero attached hydrogens (tertiary/aromatic N) is 3. The molecule has 1 atom stereocenters. The predicted octanol–water partition coefficient (Wildman–Crippen LogP) is 0.701. The summed E-state index contributed by atoms with van der Waals surface area (Å²) in [6.07, 6.45) is -5.01. The molecule has 0 fully saturated rings. The lowest BCUT2D eigenvalue weighted by Gasteiger charge is -2.12. The van der Waals surface area contributed by atoms with Gasteiger partial charge in [0.15, 0.2) is 0 Å². The highest BCUT2D eigenvalue weighted by Gasteiger charge is 2.33. The van der Waals surface area contributed by atoms with E-state index in [1.54, 1.807) is 5.48 Å². The molecule has 0 aliphatic rings. The Morgan fingerprint density at radius 2 is 1.96 bits per heavy atom. The maximum absolute atomic E-state index is 12.3. The fourth-order valence-corrected chi connectivity index (χ4v) is 2.39. The third-order valence-electron chi connectivity index (χ3n) is 2.77. The Kier molecular flexibility index (Phi) is 5.66. The molecule has 2 rings (SSSR count). The lowest BCUT2D eigenvalue weighted by molar-refractivity contribution is -0.275. The first kappa shape index (κ1) is 19.5. The van der Waals surface area contributed by atoms with Gasteiger partial charge in [-0.2, -0.15) is 9.76 Å². The number of amides is 1. The van der Waals surface area contributed by atoms with E-state index in [1.165, 1.54) is 26.3 Å². The maximum Gasteiger partial charge on any atom is 0.573 e. The van der Waals surface area contributed by atoms with E-state index in [9.17, 15) is 27.0 Å². The minimum atomic E-state index is -5.01. The van der Waals surface area contributed by atoms with Crippen molar-refractivity contribution in [3.63, 3.8) is 0 Å². The molecule has 0 saturated carbocycles. The van der Waals surface area contributed by atoms with Crippen LogP contribution in [0.5, 0.6) is 11.8 Å². The van der Waals surface area contributed by atoms with E-state index in [2.05, 4.69) is 14.1 Å². The highest BCUT2D eigenvalue weighted by molar-refractivity contribution is 7.80. The van der Waals surface area contributed by atoms with Gasteiger partial charge in [0, 0.05) is 7.05 Å². The number of hydroxylamine groups is 1. The first-order valence-electron chi connectivity index (χ1n) is 6.58. The average molecular weight is 396 g/mol. The number of carbonyl (C=O) groups is 1. The second-order valence-corrected chi connectivity index (χ2v) is 5.54. The van der Waals surface area contributed by atoms with Crippen LogP contribution in [0.3, 0.4) is 0 Å². The quantitative estimate of drug-likeness (QED) is 0.740. The van der Waals surface area contributed by atoms with E-state index in [-0.39, 0.29) is 6.01 Å². The Morgan fingerprint density at radius 3 is 2.54 bits per heavy atom. The number of halogens is 3. The summed E-state index contributed by atoms with van der Waals surface area (Å²) in [6, 6.07) is 3.04. The van der Waals surface area contributed by atoms with Crippen LogP contribution in [0, 0.1) is 0 Å². The van der Waals surface area contributed by atoms with Crippen molar-refractivity contribution in [2.24, 2.45) is 7.05 Å². The molecule has 0 bridgehead atoms. The summed E-state index contributed by atoms with van der Waals surface area (Å²) in [5, 5.41) is 3.52. The van der Waals surface area contributed by atoms with Crippen LogP contribution >= 0.6 is 0 Å². The van der Waals surface area contributed by atoms with Crippen molar-refractivity contribution in [1.29, 1.82) is 0 Å². The van der Waals surface area contributed by atoms with Crippen molar-refractivity contribution >= 4 is 17.1 Å². The molecule has 1 N–H and O–H groups in total. The summed E-state index contributed by atoms with van der Waals surface area (Å²) in [7, 11) is 2.49. The van der Waals surface area contributed by atoms with Crippen molar-refractivity contribution in [3.05, 3.63) is 34.7 Å². The Balaban J connectivity index is 2.12. The number of hydrogen-bond donors (Lipinski definition) is 1. The Bertz CT molecular complexity index is 894. The molecule has 26 heavy (non-hydrogen) atoms. The van der Waals surface area contributed by atoms with E-state index in [4.69, 9.17) is 4.74 Å². The van der Waals surface area contributed by atoms with Gasteiger partial charge in [-0.1, -0.05) is 12.1 Å². The van der Waals surface area contributed by atoms with Crippen molar-refractivity contribution in [2.45, 2.75) is 11.3 Å². The largest absolute Gasteiger partial charge is 0.573 e. The molecule has 1 heterocycles. The summed E-state index contributed by atoms with van der Waals surface area (Å²) < 4.78 is 63.2. The van der Waals surface area contributed by atoms with Crippen LogP contribution in [-0.2, 0) is 22.4 Å². The number of aromatic nitrogens is 3. The van der Waals surface area contributed by atoms with Crippen LogP contribution in [-0.4, -0.2) is 38.1 Å². The monoisotopic (exact) mass is 396 g/mol. The molecule has 2 aromatic rings. The zero-order valence-corrected chi connectivity index (χ0v) is 14.0. The molecule has 0 spiro atoms. The molecular weight excluding hydrogens is 385 g/mol. The summed E-state index contributed by atoms with van der Waals surface area (Å²) >= 11 is -2.57. The zero-order valence-electron chi connectivity index (χ0n) is 13.1. The summed E-state index contributed by atoms with van der Waals surface area (Å²) in [5.74, 6) is -0.774. The van der Waals surface area contributed by atoms with Gasteiger partial charge < -0.3 is 9.47 Å². The van der Waals surface area contributed by atoms with Crippen LogP contribution in [0.25, 0.3) is 0 Å². The molecule has 1 aromatic carbocycles. The van der Waals surface area contributed by atoms with Crippen molar-refractivity contribution in [3.8, 4) is 11.8 Å². The SMILES string of the molecule is COc1nn(C(=O)NOS(=O)c2ccccc2OC(F)(F)F)c(=O)n1C. The first-order chi connectivity index (χ1) is 12.1. The van der Waals surface area contributed by atoms with E-state index >= 15 is 0 Å². The van der Waals surface area contributed by atoms with Crippen molar-refractivity contribution in [2.75, 3.05) is 7.11 Å². The lowest BCUT2D eigenvalue weighted by atomic mass is 10.3. The van der Waals surface area contributed by atoms with Gasteiger partial charge in [-0.3, -0.25) is 0 Å². The Morgan fingerprint density at radius 1 is 1.31 bits per heavy atom. The number of carbonyl (C=O) groups excluding carboxylic acids is 1.